The van der Waals surface area contributed by atoms with Crippen molar-refractivity contribution in [2.24, 2.45) is 5.41 Å². The Morgan fingerprint density at radius 2 is 2.10 bits per heavy atom. The number of hydrogen-bond donors (Lipinski definition) is 1. The van der Waals surface area contributed by atoms with Gasteiger partial charge in [-0.1, -0.05) is 17.7 Å². The van der Waals surface area contributed by atoms with Gasteiger partial charge in [0.15, 0.2) is 0 Å². The molecule has 2 saturated heterocycles. The van der Waals surface area contributed by atoms with Crippen molar-refractivity contribution in [3.8, 4) is 5.75 Å². The molecule has 1 amide bonds. The number of rotatable bonds is 3. The number of benzene rings is 1. The van der Waals surface area contributed by atoms with E-state index in [2.05, 4.69) is 18.3 Å². The molecule has 0 aromatic heterocycles. The SMILES string of the molecule is COc1ccc(C)cc1CN1CC2(CCNCC2)CC1=O. The second-order valence-electron chi connectivity index (χ2n) is 6.49. The summed E-state index contributed by atoms with van der Waals surface area (Å²) in [6.07, 6.45) is 2.93. The number of carbonyl (C=O) groups is 1. The van der Waals surface area contributed by atoms with E-state index < -0.39 is 0 Å². The molecular formula is C17H24N2O2. The standard InChI is InChI=1S/C17H24N2O2/c1-13-3-4-15(21-2)14(9-13)11-19-12-17(10-16(19)20)5-7-18-8-6-17/h3-4,9,18H,5-8,10-12H2,1-2H3. The first-order valence-electron chi connectivity index (χ1n) is 7.74. The molecule has 0 aliphatic carbocycles. The summed E-state index contributed by atoms with van der Waals surface area (Å²) in [5.74, 6) is 1.17. The van der Waals surface area contributed by atoms with Gasteiger partial charge < -0.3 is 15.0 Å². The van der Waals surface area contributed by atoms with E-state index in [1.807, 2.05) is 17.0 Å². The highest BCUT2D eigenvalue weighted by atomic mass is 16.5. The lowest BCUT2D eigenvalue weighted by Gasteiger charge is -2.33. The monoisotopic (exact) mass is 288 g/mol. The van der Waals surface area contributed by atoms with E-state index in [0.29, 0.717) is 18.9 Å². The second kappa shape index (κ2) is 5.68. The number of carbonyl (C=O) groups excluding carboxylic acids is 1. The lowest BCUT2D eigenvalue weighted by atomic mass is 9.78. The van der Waals surface area contributed by atoms with Crippen molar-refractivity contribution < 1.29 is 9.53 Å². The Kier molecular flexibility index (Phi) is 3.89. The van der Waals surface area contributed by atoms with Gasteiger partial charge >= 0.3 is 0 Å². The van der Waals surface area contributed by atoms with Gasteiger partial charge in [-0.3, -0.25) is 4.79 Å². The fraction of sp³-hybridized carbons (Fsp3) is 0.588. The smallest absolute Gasteiger partial charge is 0.223 e. The van der Waals surface area contributed by atoms with Crippen molar-refractivity contribution >= 4 is 5.91 Å². The molecule has 1 aromatic carbocycles. The zero-order valence-corrected chi connectivity index (χ0v) is 12.9. The van der Waals surface area contributed by atoms with E-state index in [0.717, 1.165) is 43.8 Å². The summed E-state index contributed by atoms with van der Waals surface area (Å²) in [6, 6.07) is 6.16. The predicted octanol–water partition coefficient (Wildman–Crippen LogP) is 2.11. The van der Waals surface area contributed by atoms with E-state index >= 15 is 0 Å². The maximum atomic E-state index is 12.4. The minimum absolute atomic E-state index is 0.208. The topological polar surface area (TPSA) is 41.6 Å². The van der Waals surface area contributed by atoms with Gasteiger partial charge in [0.05, 0.1) is 7.11 Å². The lowest BCUT2D eigenvalue weighted by Crippen LogP contribution is -2.38. The number of aryl methyl sites for hydroxylation is 1. The molecule has 1 aromatic rings. The molecule has 1 spiro atoms. The van der Waals surface area contributed by atoms with Crippen LogP contribution in [-0.2, 0) is 11.3 Å². The third-order valence-electron chi connectivity index (χ3n) is 4.87. The largest absolute Gasteiger partial charge is 0.496 e. The Morgan fingerprint density at radius 3 is 2.81 bits per heavy atom. The molecule has 2 aliphatic heterocycles. The highest BCUT2D eigenvalue weighted by Crippen LogP contribution is 2.40. The van der Waals surface area contributed by atoms with Crippen molar-refractivity contribution in [1.29, 1.82) is 0 Å². The van der Waals surface area contributed by atoms with E-state index in [1.54, 1.807) is 7.11 Å². The van der Waals surface area contributed by atoms with Crippen LogP contribution >= 0.6 is 0 Å². The Labute approximate surface area is 126 Å². The van der Waals surface area contributed by atoms with Gasteiger partial charge in [0.25, 0.3) is 0 Å². The van der Waals surface area contributed by atoms with Crippen molar-refractivity contribution in [2.45, 2.75) is 32.7 Å². The molecule has 4 heteroatoms. The number of nitrogens with zero attached hydrogens (tertiary/aromatic N) is 1. The molecule has 0 saturated carbocycles. The molecule has 21 heavy (non-hydrogen) atoms. The number of piperidine rings is 1. The fourth-order valence-corrected chi connectivity index (χ4v) is 3.65. The maximum absolute atomic E-state index is 12.4. The van der Waals surface area contributed by atoms with E-state index in [1.165, 1.54) is 5.56 Å². The molecular weight excluding hydrogens is 264 g/mol. The van der Waals surface area contributed by atoms with Crippen LogP contribution in [0.5, 0.6) is 5.75 Å². The lowest BCUT2D eigenvalue weighted by molar-refractivity contribution is -0.128. The average Bonchev–Trinajstić information content (AvgIpc) is 2.75. The number of nitrogens with one attached hydrogen (secondary N) is 1. The van der Waals surface area contributed by atoms with Gasteiger partial charge in [-0.25, -0.2) is 0 Å². The van der Waals surface area contributed by atoms with Crippen molar-refractivity contribution in [3.63, 3.8) is 0 Å². The molecule has 2 heterocycles. The minimum Gasteiger partial charge on any atom is -0.496 e. The van der Waals surface area contributed by atoms with Crippen LogP contribution < -0.4 is 10.1 Å². The van der Waals surface area contributed by atoms with Crippen LogP contribution in [0.4, 0.5) is 0 Å². The van der Waals surface area contributed by atoms with Crippen LogP contribution in [-0.4, -0.2) is 37.6 Å². The summed E-state index contributed by atoms with van der Waals surface area (Å²) >= 11 is 0. The predicted molar refractivity (Wildman–Crippen MR) is 82.3 cm³/mol. The van der Waals surface area contributed by atoms with E-state index in [9.17, 15) is 4.79 Å². The number of amides is 1. The Balaban J connectivity index is 1.76. The molecule has 0 unspecified atom stereocenters. The van der Waals surface area contributed by atoms with Crippen LogP contribution in [0.3, 0.4) is 0 Å². The van der Waals surface area contributed by atoms with E-state index in [-0.39, 0.29) is 5.41 Å². The minimum atomic E-state index is 0.208. The van der Waals surface area contributed by atoms with Gasteiger partial charge in [-0.05, 0) is 44.3 Å². The van der Waals surface area contributed by atoms with Crippen molar-refractivity contribution in [3.05, 3.63) is 29.3 Å². The van der Waals surface area contributed by atoms with E-state index in [4.69, 9.17) is 4.74 Å². The zero-order valence-electron chi connectivity index (χ0n) is 12.9. The number of hydrogen-bond acceptors (Lipinski definition) is 3. The van der Waals surface area contributed by atoms with Crippen LogP contribution in [0.15, 0.2) is 18.2 Å². The van der Waals surface area contributed by atoms with Gasteiger partial charge in [-0.2, -0.15) is 0 Å². The molecule has 2 aliphatic rings. The van der Waals surface area contributed by atoms with Crippen molar-refractivity contribution in [1.82, 2.24) is 10.2 Å². The Morgan fingerprint density at radius 1 is 1.33 bits per heavy atom. The van der Waals surface area contributed by atoms with Gasteiger partial charge in [-0.15, -0.1) is 0 Å². The normalized spacial score (nSPS) is 21.0. The Bertz CT molecular complexity index is 536. The summed E-state index contributed by atoms with van der Waals surface area (Å²) in [5, 5.41) is 3.39. The van der Waals surface area contributed by atoms with Crippen molar-refractivity contribution in [2.75, 3.05) is 26.7 Å². The summed E-state index contributed by atoms with van der Waals surface area (Å²) in [6.45, 7) is 5.70. The van der Waals surface area contributed by atoms with Gasteiger partial charge in [0.1, 0.15) is 5.75 Å². The summed E-state index contributed by atoms with van der Waals surface area (Å²) < 4.78 is 5.43. The summed E-state index contributed by atoms with van der Waals surface area (Å²) in [4.78, 5) is 14.4. The molecule has 0 atom stereocenters. The number of ether oxygens (including phenoxy) is 1. The van der Waals surface area contributed by atoms with Crippen LogP contribution in [0.2, 0.25) is 0 Å². The quantitative estimate of drug-likeness (QED) is 0.926. The molecule has 1 N–H and O–H groups in total. The summed E-state index contributed by atoms with van der Waals surface area (Å²) in [7, 11) is 1.69. The zero-order chi connectivity index (χ0) is 14.9. The van der Waals surface area contributed by atoms with Gasteiger partial charge in [0.2, 0.25) is 5.91 Å². The number of methoxy groups -OCH3 is 1. The summed E-state index contributed by atoms with van der Waals surface area (Å²) in [5.41, 5.74) is 2.52. The maximum Gasteiger partial charge on any atom is 0.223 e. The third kappa shape index (κ3) is 2.91. The molecule has 114 valence electrons. The molecule has 0 bridgehead atoms. The molecule has 4 nitrogen and oxygen atoms in total. The average molecular weight is 288 g/mol. The fourth-order valence-electron chi connectivity index (χ4n) is 3.65. The highest BCUT2D eigenvalue weighted by molar-refractivity contribution is 5.79. The first-order chi connectivity index (χ1) is 10.1. The molecule has 0 radical (unpaired) electrons. The first-order valence-corrected chi connectivity index (χ1v) is 7.74. The second-order valence-corrected chi connectivity index (χ2v) is 6.49. The number of likely N-dealkylation sites (tertiary alicyclic amines) is 1. The van der Waals surface area contributed by atoms with Crippen LogP contribution in [0.25, 0.3) is 0 Å². The molecule has 2 fully saturated rings. The Hall–Kier alpha value is -1.55. The first kappa shape index (κ1) is 14.4. The van der Waals surface area contributed by atoms with Gasteiger partial charge in [0, 0.05) is 25.1 Å². The highest BCUT2D eigenvalue weighted by Gasteiger charge is 2.43. The van der Waals surface area contributed by atoms with Crippen LogP contribution in [0, 0.1) is 12.3 Å². The van der Waals surface area contributed by atoms with Crippen LogP contribution in [0.1, 0.15) is 30.4 Å². The third-order valence-corrected chi connectivity index (χ3v) is 4.87. The molecule has 3 rings (SSSR count).